The Kier molecular flexibility index (Phi) is 4.58. The van der Waals surface area contributed by atoms with E-state index in [2.05, 4.69) is 5.32 Å². The zero-order chi connectivity index (χ0) is 15.4. The SMILES string of the molecule is Cc1ccc(O[C@H](C)C(=O)Nc2cccc(F)c2)c(C)c1. The lowest BCUT2D eigenvalue weighted by Gasteiger charge is -2.16. The van der Waals surface area contributed by atoms with E-state index in [4.69, 9.17) is 4.74 Å². The molecule has 0 aliphatic rings. The van der Waals surface area contributed by atoms with E-state index in [-0.39, 0.29) is 5.91 Å². The van der Waals surface area contributed by atoms with E-state index in [0.29, 0.717) is 11.4 Å². The van der Waals surface area contributed by atoms with Crippen molar-refractivity contribution in [2.45, 2.75) is 26.9 Å². The fourth-order valence-electron chi connectivity index (χ4n) is 1.99. The number of nitrogens with one attached hydrogen (secondary N) is 1. The minimum Gasteiger partial charge on any atom is -0.481 e. The van der Waals surface area contributed by atoms with Crippen LogP contribution in [0.15, 0.2) is 42.5 Å². The Balaban J connectivity index is 2.02. The van der Waals surface area contributed by atoms with E-state index in [0.717, 1.165) is 11.1 Å². The van der Waals surface area contributed by atoms with Gasteiger partial charge < -0.3 is 10.1 Å². The fourth-order valence-corrected chi connectivity index (χ4v) is 1.99. The van der Waals surface area contributed by atoms with Gasteiger partial charge in [0.05, 0.1) is 0 Å². The van der Waals surface area contributed by atoms with Gasteiger partial charge >= 0.3 is 0 Å². The maximum atomic E-state index is 13.1. The van der Waals surface area contributed by atoms with Crippen LogP contribution in [0.1, 0.15) is 18.1 Å². The van der Waals surface area contributed by atoms with Crippen molar-refractivity contribution >= 4 is 11.6 Å². The van der Waals surface area contributed by atoms with Gasteiger partial charge in [0.2, 0.25) is 0 Å². The van der Waals surface area contributed by atoms with Gasteiger partial charge in [0.25, 0.3) is 5.91 Å². The normalized spacial score (nSPS) is 11.8. The van der Waals surface area contributed by atoms with Crippen LogP contribution in [-0.4, -0.2) is 12.0 Å². The van der Waals surface area contributed by atoms with Crippen LogP contribution in [-0.2, 0) is 4.79 Å². The molecular weight excluding hydrogens is 269 g/mol. The predicted octanol–water partition coefficient (Wildman–Crippen LogP) is 3.85. The van der Waals surface area contributed by atoms with Crippen molar-refractivity contribution in [1.82, 2.24) is 0 Å². The number of hydrogen-bond acceptors (Lipinski definition) is 2. The lowest BCUT2D eigenvalue weighted by molar-refractivity contribution is -0.122. The third-order valence-corrected chi connectivity index (χ3v) is 3.10. The lowest BCUT2D eigenvalue weighted by atomic mass is 10.1. The molecule has 2 rings (SSSR count). The number of ether oxygens (including phenoxy) is 1. The summed E-state index contributed by atoms with van der Waals surface area (Å²) >= 11 is 0. The molecule has 0 fully saturated rings. The minimum atomic E-state index is -0.672. The highest BCUT2D eigenvalue weighted by molar-refractivity contribution is 5.94. The molecule has 0 aromatic heterocycles. The highest BCUT2D eigenvalue weighted by Gasteiger charge is 2.16. The van der Waals surface area contributed by atoms with E-state index in [9.17, 15) is 9.18 Å². The van der Waals surface area contributed by atoms with Gasteiger partial charge in [-0.3, -0.25) is 4.79 Å². The number of anilines is 1. The van der Waals surface area contributed by atoms with Crippen LogP contribution >= 0.6 is 0 Å². The van der Waals surface area contributed by atoms with Crippen LogP contribution < -0.4 is 10.1 Å². The molecule has 0 aliphatic carbocycles. The number of hydrogen-bond donors (Lipinski definition) is 1. The Morgan fingerprint density at radius 1 is 1.19 bits per heavy atom. The molecule has 1 amide bonds. The zero-order valence-corrected chi connectivity index (χ0v) is 12.3. The number of halogens is 1. The van der Waals surface area contributed by atoms with Gasteiger partial charge in [-0.1, -0.05) is 23.8 Å². The maximum absolute atomic E-state index is 13.1. The van der Waals surface area contributed by atoms with Crippen molar-refractivity contribution in [2.75, 3.05) is 5.32 Å². The number of carbonyl (C=O) groups is 1. The van der Waals surface area contributed by atoms with Crippen LogP contribution in [0.5, 0.6) is 5.75 Å². The van der Waals surface area contributed by atoms with E-state index < -0.39 is 11.9 Å². The number of aryl methyl sites for hydroxylation is 2. The summed E-state index contributed by atoms with van der Waals surface area (Å²) in [5, 5.41) is 2.63. The summed E-state index contributed by atoms with van der Waals surface area (Å²) in [5.74, 6) is -0.0428. The first-order valence-corrected chi connectivity index (χ1v) is 6.76. The molecule has 0 aliphatic heterocycles. The third kappa shape index (κ3) is 4.05. The lowest BCUT2D eigenvalue weighted by Crippen LogP contribution is -2.30. The second-order valence-corrected chi connectivity index (χ2v) is 5.03. The summed E-state index contributed by atoms with van der Waals surface area (Å²) < 4.78 is 18.7. The third-order valence-electron chi connectivity index (χ3n) is 3.10. The van der Waals surface area contributed by atoms with Crippen molar-refractivity contribution in [3.8, 4) is 5.75 Å². The van der Waals surface area contributed by atoms with Crippen LogP contribution in [0.4, 0.5) is 10.1 Å². The molecular formula is C17H18FNO2. The van der Waals surface area contributed by atoms with Crippen LogP contribution in [0.2, 0.25) is 0 Å². The number of amides is 1. The fraction of sp³-hybridized carbons (Fsp3) is 0.235. The van der Waals surface area contributed by atoms with Crippen molar-refractivity contribution in [2.24, 2.45) is 0 Å². The monoisotopic (exact) mass is 287 g/mol. The van der Waals surface area contributed by atoms with Gasteiger partial charge in [0, 0.05) is 5.69 Å². The van der Waals surface area contributed by atoms with E-state index in [1.807, 2.05) is 32.0 Å². The topological polar surface area (TPSA) is 38.3 Å². The summed E-state index contributed by atoms with van der Waals surface area (Å²) in [4.78, 5) is 12.0. The second-order valence-electron chi connectivity index (χ2n) is 5.03. The first kappa shape index (κ1) is 15.0. The molecule has 0 radical (unpaired) electrons. The molecule has 2 aromatic rings. The maximum Gasteiger partial charge on any atom is 0.265 e. The van der Waals surface area contributed by atoms with Crippen LogP contribution in [0.3, 0.4) is 0 Å². The second kappa shape index (κ2) is 6.39. The standard InChI is InChI=1S/C17H18FNO2/c1-11-7-8-16(12(2)9-11)21-13(3)17(20)19-15-6-4-5-14(18)10-15/h4-10,13H,1-3H3,(H,19,20)/t13-/m1/s1. The van der Waals surface area contributed by atoms with Crippen molar-refractivity contribution in [3.63, 3.8) is 0 Å². The molecule has 110 valence electrons. The summed E-state index contributed by atoms with van der Waals surface area (Å²) in [5.41, 5.74) is 2.52. The molecule has 3 nitrogen and oxygen atoms in total. The predicted molar refractivity (Wildman–Crippen MR) is 81.0 cm³/mol. The average molecular weight is 287 g/mol. The molecule has 4 heteroatoms. The van der Waals surface area contributed by atoms with Gasteiger partial charge in [-0.25, -0.2) is 4.39 Å². The summed E-state index contributed by atoms with van der Waals surface area (Å²) in [6, 6.07) is 11.5. The van der Waals surface area contributed by atoms with E-state index in [1.54, 1.807) is 19.1 Å². The van der Waals surface area contributed by atoms with Gasteiger partial charge in [0.1, 0.15) is 11.6 Å². The largest absolute Gasteiger partial charge is 0.481 e. The molecule has 1 atom stereocenters. The Morgan fingerprint density at radius 3 is 2.62 bits per heavy atom. The highest BCUT2D eigenvalue weighted by Crippen LogP contribution is 2.20. The van der Waals surface area contributed by atoms with Crippen LogP contribution in [0.25, 0.3) is 0 Å². The first-order chi connectivity index (χ1) is 9.95. The number of carbonyl (C=O) groups excluding carboxylic acids is 1. The molecule has 1 N–H and O–H groups in total. The van der Waals surface area contributed by atoms with Gasteiger partial charge in [-0.15, -0.1) is 0 Å². The smallest absolute Gasteiger partial charge is 0.265 e. The summed E-state index contributed by atoms with van der Waals surface area (Å²) in [6.07, 6.45) is -0.672. The Bertz CT molecular complexity index is 655. The number of rotatable bonds is 4. The van der Waals surface area contributed by atoms with Gasteiger partial charge in [0.15, 0.2) is 6.10 Å². The molecule has 0 saturated carbocycles. The number of benzene rings is 2. The summed E-state index contributed by atoms with van der Waals surface area (Å²) in [7, 11) is 0. The quantitative estimate of drug-likeness (QED) is 0.927. The molecule has 21 heavy (non-hydrogen) atoms. The van der Waals surface area contributed by atoms with Gasteiger partial charge in [-0.05, 0) is 50.6 Å². The van der Waals surface area contributed by atoms with Gasteiger partial charge in [-0.2, -0.15) is 0 Å². The zero-order valence-electron chi connectivity index (χ0n) is 12.3. The molecule has 0 spiro atoms. The molecule has 0 bridgehead atoms. The average Bonchev–Trinajstić information content (AvgIpc) is 2.41. The minimum absolute atomic E-state index is 0.319. The van der Waals surface area contributed by atoms with Crippen molar-refractivity contribution in [3.05, 3.63) is 59.4 Å². The van der Waals surface area contributed by atoms with Crippen molar-refractivity contribution < 1.29 is 13.9 Å². The van der Waals surface area contributed by atoms with E-state index >= 15 is 0 Å². The first-order valence-electron chi connectivity index (χ1n) is 6.76. The molecule has 0 saturated heterocycles. The Hall–Kier alpha value is -2.36. The van der Waals surface area contributed by atoms with Crippen LogP contribution in [0, 0.1) is 19.7 Å². The molecule has 0 heterocycles. The Morgan fingerprint density at radius 2 is 1.95 bits per heavy atom. The Labute approximate surface area is 123 Å². The molecule has 2 aromatic carbocycles. The van der Waals surface area contributed by atoms with E-state index in [1.165, 1.54) is 12.1 Å². The summed E-state index contributed by atoms with van der Waals surface area (Å²) in [6.45, 7) is 5.59. The van der Waals surface area contributed by atoms with Crippen molar-refractivity contribution in [1.29, 1.82) is 0 Å². The molecule has 0 unspecified atom stereocenters. The highest BCUT2D eigenvalue weighted by atomic mass is 19.1.